The molecular formula is C44H24N4O2. The molecule has 0 fully saturated rings. The van der Waals surface area contributed by atoms with Crippen LogP contribution < -0.4 is 21.8 Å². The molecule has 0 radical (unpaired) electrons. The van der Waals surface area contributed by atoms with Crippen LogP contribution in [0.25, 0.3) is 104 Å². The highest BCUT2D eigenvalue weighted by molar-refractivity contribution is 6.29. The second kappa shape index (κ2) is 9.01. The molecule has 6 heteroatoms. The summed E-state index contributed by atoms with van der Waals surface area (Å²) in [4.78, 5) is 34.9. The number of hydrogen-bond donors (Lipinski definition) is 1. The summed E-state index contributed by atoms with van der Waals surface area (Å²) in [5, 5.41) is 17.5. The number of nitrogens with zero attached hydrogens (tertiary/aromatic N) is 3. The predicted molar refractivity (Wildman–Crippen MR) is 206 cm³/mol. The molecule has 12 rings (SSSR count). The number of fused-ring (bicyclic) bond motifs is 18. The van der Waals surface area contributed by atoms with Crippen LogP contribution in [0.1, 0.15) is 0 Å². The van der Waals surface area contributed by atoms with Crippen molar-refractivity contribution in [2.75, 3.05) is 11.9 Å². The van der Waals surface area contributed by atoms with Crippen LogP contribution >= 0.6 is 0 Å². The maximum Gasteiger partial charge on any atom is 0.264 e. The Labute approximate surface area is 282 Å². The second-order valence-corrected chi connectivity index (χ2v) is 13.4. The first-order valence-electron chi connectivity index (χ1n) is 16.9. The molecule has 1 aliphatic rings. The summed E-state index contributed by atoms with van der Waals surface area (Å²) in [5.74, 6) is 0. The number of aromatic nitrogens is 3. The van der Waals surface area contributed by atoms with E-state index in [2.05, 4.69) is 78.1 Å². The maximum atomic E-state index is 15.0. The van der Waals surface area contributed by atoms with Gasteiger partial charge in [-0.15, -0.1) is 0 Å². The van der Waals surface area contributed by atoms with Crippen LogP contribution in [0.4, 0.5) is 5.69 Å². The van der Waals surface area contributed by atoms with Gasteiger partial charge in [0.15, 0.2) is 0 Å². The van der Waals surface area contributed by atoms with Gasteiger partial charge in [-0.25, -0.2) is 4.98 Å². The Bertz CT molecular complexity index is 3540. The fourth-order valence-electron chi connectivity index (χ4n) is 9.01. The Morgan fingerprint density at radius 2 is 1.02 bits per heavy atom. The molecule has 0 atom stereocenters. The van der Waals surface area contributed by atoms with Gasteiger partial charge in [0.05, 0.1) is 27.8 Å². The zero-order valence-electron chi connectivity index (χ0n) is 26.5. The topological polar surface area (TPSA) is 68.4 Å². The molecule has 11 aromatic rings. The van der Waals surface area contributed by atoms with Crippen molar-refractivity contribution < 1.29 is 0 Å². The van der Waals surface area contributed by atoms with Crippen LogP contribution in [0.2, 0.25) is 0 Å². The third-order valence-electron chi connectivity index (χ3n) is 11.0. The smallest absolute Gasteiger partial charge is 0.264 e. The van der Waals surface area contributed by atoms with Crippen molar-refractivity contribution >= 4 is 104 Å². The molecule has 1 aliphatic heterocycles. The number of benzene rings is 8. The van der Waals surface area contributed by atoms with Gasteiger partial charge in [-0.1, -0.05) is 103 Å². The number of hydrogen-bond acceptors (Lipinski definition) is 4. The number of pyridine rings is 2. The lowest BCUT2D eigenvalue weighted by atomic mass is 9.95. The minimum atomic E-state index is -0.131. The van der Waals surface area contributed by atoms with Crippen molar-refractivity contribution in [2.24, 2.45) is 0 Å². The summed E-state index contributed by atoms with van der Waals surface area (Å²) in [5.41, 5.74) is 3.77. The molecule has 0 saturated carbocycles. The Kier molecular flexibility index (Phi) is 4.72. The lowest BCUT2D eigenvalue weighted by molar-refractivity contribution is 0.994. The van der Waals surface area contributed by atoms with Gasteiger partial charge in [-0.3, -0.25) is 18.6 Å². The van der Waals surface area contributed by atoms with Crippen LogP contribution in [0, 0.1) is 0 Å². The van der Waals surface area contributed by atoms with E-state index >= 15 is 0 Å². The van der Waals surface area contributed by atoms with Gasteiger partial charge in [0.25, 0.3) is 11.1 Å². The van der Waals surface area contributed by atoms with Crippen molar-refractivity contribution in [1.82, 2.24) is 14.0 Å². The van der Waals surface area contributed by atoms with E-state index in [1.54, 1.807) is 4.40 Å². The monoisotopic (exact) mass is 640 g/mol. The molecule has 0 amide bonds. The molecule has 0 spiro atoms. The van der Waals surface area contributed by atoms with Crippen LogP contribution in [0.15, 0.2) is 131 Å². The summed E-state index contributed by atoms with van der Waals surface area (Å²) in [6.07, 6.45) is 2.10. The second-order valence-electron chi connectivity index (χ2n) is 13.4. The van der Waals surface area contributed by atoms with Crippen LogP contribution in [0.5, 0.6) is 0 Å². The minimum Gasteiger partial charge on any atom is -0.379 e. The summed E-state index contributed by atoms with van der Waals surface area (Å²) in [7, 11) is 0. The highest BCUT2D eigenvalue weighted by atomic mass is 16.1. The summed E-state index contributed by atoms with van der Waals surface area (Å²) in [6, 6.07) is 41.1. The summed E-state index contributed by atoms with van der Waals surface area (Å²) < 4.78 is 3.68. The molecule has 0 bridgehead atoms. The quantitative estimate of drug-likeness (QED) is 0.169. The van der Waals surface area contributed by atoms with Gasteiger partial charge in [0, 0.05) is 60.4 Å². The van der Waals surface area contributed by atoms with Gasteiger partial charge in [0.1, 0.15) is 5.65 Å². The van der Waals surface area contributed by atoms with Crippen LogP contribution in [-0.2, 0) is 0 Å². The first-order chi connectivity index (χ1) is 24.7. The average Bonchev–Trinajstić information content (AvgIpc) is 3.46. The number of anilines is 1. The van der Waals surface area contributed by atoms with E-state index in [9.17, 15) is 9.59 Å². The van der Waals surface area contributed by atoms with Gasteiger partial charge < -0.3 is 5.32 Å². The first-order valence-corrected chi connectivity index (χ1v) is 16.9. The van der Waals surface area contributed by atoms with E-state index in [1.807, 2.05) is 59.2 Å². The van der Waals surface area contributed by atoms with E-state index in [4.69, 9.17) is 4.98 Å². The maximum absolute atomic E-state index is 15.0. The van der Waals surface area contributed by atoms with E-state index < -0.39 is 0 Å². The van der Waals surface area contributed by atoms with Crippen molar-refractivity contribution in [3.8, 4) is 5.69 Å². The Hall–Kier alpha value is -6.79. The molecule has 3 aromatic heterocycles. The highest BCUT2D eigenvalue weighted by Crippen LogP contribution is 2.41. The van der Waals surface area contributed by atoms with Gasteiger partial charge in [-0.05, 0) is 45.8 Å². The lowest BCUT2D eigenvalue weighted by Gasteiger charge is -2.20. The van der Waals surface area contributed by atoms with Crippen LogP contribution in [0.3, 0.4) is 0 Å². The van der Waals surface area contributed by atoms with Crippen molar-refractivity contribution in [2.45, 2.75) is 0 Å². The Balaban J connectivity index is 1.29. The largest absolute Gasteiger partial charge is 0.379 e. The predicted octanol–water partition coefficient (Wildman–Crippen LogP) is 8.43. The van der Waals surface area contributed by atoms with E-state index in [-0.39, 0.29) is 11.1 Å². The molecule has 0 saturated heterocycles. The third-order valence-corrected chi connectivity index (χ3v) is 11.0. The zero-order chi connectivity index (χ0) is 32.8. The van der Waals surface area contributed by atoms with E-state index in [0.29, 0.717) is 23.0 Å². The molecular weight excluding hydrogens is 617 g/mol. The minimum absolute atomic E-state index is 0.110. The summed E-state index contributed by atoms with van der Waals surface area (Å²) >= 11 is 0. The van der Waals surface area contributed by atoms with Crippen molar-refractivity contribution in [3.05, 3.63) is 147 Å². The van der Waals surface area contributed by atoms with Crippen molar-refractivity contribution in [1.29, 1.82) is 0 Å². The Morgan fingerprint density at radius 1 is 0.500 bits per heavy atom. The number of nitrogens with one attached hydrogen (secondary N) is 1. The number of rotatable bonds is 0. The third kappa shape index (κ3) is 2.99. The SMILES string of the molecule is O=c1c2ccc3c(=O)n4c(nc5c6ccccc6c6ccccc6c54)c4ccc(c5n1-c1c(c6ccccc6c6ccccc16)NCC=5)c2c34. The number of imidazole rings is 1. The molecule has 232 valence electrons. The lowest BCUT2D eigenvalue weighted by Crippen LogP contribution is -2.32. The normalized spacial score (nSPS) is 13.2. The Morgan fingerprint density at radius 3 is 1.76 bits per heavy atom. The van der Waals surface area contributed by atoms with E-state index in [1.165, 1.54) is 0 Å². The molecule has 50 heavy (non-hydrogen) atoms. The highest BCUT2D eigenvalue weighted by Gasteiger charge is 2.25. The van der Waals surface area contributed by atoms with Gasteiger partial charge >= 0.3 is 0 Å². The van der Waals surface area contributed by atoms with E-state index in [0.717, 1.165) is 92.4 Å². The zero-order valence-corrected chi connectivity index (χ0v) is 26.5. The molecule has 1 N–H and O–H groups in total. The molecule has 8 aromatic carbocycles. The summed E-state index contributed by atoms with van der Waals surface area (Å²) in [6.45, 7) is 0.543. The molecule has 0 aliphatic carbocycles. The molecule has 4 heterocycles. The fourth-order valence-corrected chi connectivity index (χ4v) is 9.01. The van der Waals surface area contributed by atoms with Crippen molar-refractivity contribution in [3.63, 3.8) is 0 Å². The average molecular weight is 641 g/mol. The molecule has 0 unspecified atom stereocenters. The van der Waals surface area contributed by atoms with Gasteiger partial charge in [0.2, 0.25) is 0 Å². The first kappa shape index (κ1) is 26.2. The standard InChI is InChI=1S/C44H24N4O2/c49-43-33-19-20-34-37-32(42-46-39-28-14-6-2-10-24(28)26-12-4-8-16-30(26)41(39)48(42)44(34)50)18-17-31(36(33)37)35-21-22-45-38-27-13-5-1-9-23(27)25-11-3-7-15-29(25)40(38)47(35)43/h1-21,45H,22H2. The molecule has 6 nitrogen and oxygen atoms in total. The van der Waals surface area contributed by atoms with Crippen LogP contribution in [-0.4, -0.2) is 20.5 Å². The fraction of sp³-hybridized carbons (Fsp3) is 0.0227. The van der Waals surface area contributed by atoms with Gasteiger partial charge in [-0.2, -0.15) is 0 Å².